The molecule has 1 saturated heterocycles. The zero-order chi connectivity index (χ0) is 18.4. The summed E-state index contributed by atoms with van der Waals surface area (Å²) in [6.45, 7) is 3.49. The van der Waals surface area contributed by atoms with Gasteiger partial charge in [0.05, 0.1) is 6.61 Å². The maximum Gasteiger partial charge on any atom is 0.248 e. The van der Waals surface area contributed by atoms with Crippen LogP contribution < -0.4 is 5.32 Å². The zero-order valence-electron chi connectivity index (χ0n) is 15.0. The Balaban J connectivity index is 1.68. The fraction of sp³-hybridized carbons (Fsp3) is 0.474. The summed E-state index contributed by atoms with van der Waals surface area (Å²) in [6.07, 6.45) is 5.03. The molecule has 1 fully saturated rings. The van der Waals surface area contributed by atoms with Crippen molar-refractivity contribution in [3.63, 3.8) is 0 Å². The topological polar surface area (TPSA) is 59.4 Å². The summed E-state index contributed by atoms with van der Waals surface area (Å²) >= 11 is 6.08. The Morgan fingerprint density at radius 1 is 1.35 bits per heavy atom. The van der Waals surface area contributed by atoms with Gasteiger partial charge in [0.2, 0.25) is 5.91 Å². The molecule has 6 nitrogen and oxygen atoms in total. The average molecular weight is 377 g/mol. The lowest BCUT2D eigenvalue weighted by atomic mass is 9.86. The fourth-order valence-corrected chi connectivity index (χ4v) is 3.70. The number of methoxy groups -OCH3 is 1. The van der Waals surface area contributed by atoms with Gasteiger partial charge < -0.3 is 10.1 Å². The molecular weight excluding hydrogens is 352 g/mol. The van der Waals surface area contributed by atoms with Crippen LogP contribution in [0, 0.1) is 0 Å². The number of likely N-dealkylation sites (tertiary alicyclic amines) is 1. The van der Waals surface area contributed by atoms with Gasteiger partial charge in [-0.2, -0.15) is 5.10 Å². The predicted molar refractivity (Wildman–Crippen MR) is 101 cm³/mol. The zero-order valence-corrected chi connectivity index (χ0v) is 15.8. The largest absolute Gasteiger partial charge is 0.383 e. The predicted octanol–water partition coefficient (Wildman–Crippen LogP) is 2.29. The van der Waals surface area contributed by atoms with Crippen LogP contribution in [0.25, 0.3) is 0 Å². The summed E-state index contributed by atoms with van der Waals surface area (Å²) in [5.41, 5.74) is 0.552. The second-order valence-electron chi connectivity index (χ2n) is 6.64. The van der Waals surface area contributed by atoms with E-state index in [1.54, 1.807) is 13.3 Å². The first-order chi connectivity index (χ1) is 12.6. The Kier molecular flexibility index (Phi) is 6.29. The van der Waals surface area contributed by atoms with Gasteiger partial charge in [0.1, 0.15) is 5.54 Å². The summed E-state index contributed by atoms with van der Waals surface area (Å²) in [7, 11) is 1.63. The Hall–Kier alpha value is -1.89. The van der Waals surface area contributed by atoms with Crippen LogP contribution >= 0.6 is 11.6 Å². The molecular formula is C19H25ClN4O2. The third-order valence-corrected chi connectivity index (χ3v) is 5.17. The molecule has 3 rings (SSSR count). The van der Waals surface area contributed by atoms with E-state index < -0.39 is 5.54 Å². The molecule has 7 heteroatoms. The Labute approximate surface area is 159 Å². The number of hydrogen-bond donors (Lipinski definition) is 1. The second-order valence-corrected chi connectivity index (χ2v) is 7.07. The minimum Gasteiger partial charge on any atom is -0.383 e. The molecule has 1 aliphatic rings. The van der Waals surface area contributed by atoms with Gasteiger partial charge in [-0.05, 0) is 36.6 Å². The number of carbonyl (C=O) groups is 1. The summed E-state index contributed by atoms with van der Waals surface area (Å²) in [5.74, 6) is 0.0145. The minimum absolute atomic E-state index is 0.0145. The first-order valence-electron chi connectivity index (χ1n) is 8.88. The van der Waals surface area contributed by atoms with Crippen LogP contribution in [-0.4, -0.2) is 53.9 Å². The molecule has 26 heavy (non-hydrogen) atoms. The molecule has 1 aliphatic heterocycles. The number of aromatic nitrogens is 2. The molecule has 0 unspecified atom stereocenters. The van der Waals surface area contributed by atoms with E-state index in [0.717, 1.165) is 24.7 Å². The lowest BCUT2D eigenvalue weighted by Crippen LogP contribution is -2.55. The van der Waals surface area contributed by atoms with Crippen molar-refractivity contribution in [1.29, 1.82) is 0 Å². The molecule has 0 spiro atoms. The number of rotatable bonds is 7. The summed E-state index contributed by atoms with van der Waals surface area (Å²) in [5, 5.41) is 8.12. The smallest absolute Gasteiger partial charge is 0.248 e. The molecule has 140 valence electrons. The quantitative estimate of drug-likeness (QED) is 0.753. The van der Waals surface area contributed by atoms with E-state index in [2.05, 4.69) is 21.4 Å². The molecule has 2 aromatic rings. The van der Waals surface area contributed by atoms with Gasteiger partial charge in [0, 0.05) is 50.7 Å². The highest BCUT2D eigenvalue weighted by atomic mass is 35.5. The van der Waals surface area contributed by atoms with Gasteiger partial charge in [0.15, 0.2) is 0 Å². The first kappa shape index (κ1) is 18.9. The van der Waals surface area contributed by atoms with Crippen molar-refractivity contribution in [1.82, 2.24) is 20.0 Å². The molecule has 0 saturated carbocycles. The van der Waals surface area contributed by atoms with Gasteiger partial charge in [-0.15, -0.1) is 0 Å². The minimum atomic E-state index is -0.637. The molecule has 0 bridgehead atoms. The Morgan fingerprint density at radius 2 is 2.15 bits per heavy atom. The normalized spacial score (nSPS) is 17.2. The molecule has 1 aromatic heterocycles. The van der Waals surface area contributed by atoms with E-state index in [-0.39, 0.29) is 5.91 Å². The van der Waals surface area contributed by atoms with Crippen molar-refractivity contribution in [2.45, 2.75) is 24.9 Å². The number of hydrogen-bond acceptors (Lipinski definition) is 4. The maximum absolute atomic E-state index is 12.9. The average Bonchev–Trinajstić information content (AvgIpc) is 3.18. The third kappa shape index (κ3) is 4.26. The van der Waals surface area contributed by atoms with Crippen molar-refractivity contribution >= 4 is 17.5 Å². The lowest BCUT2D eigenvalue weighted by Gasteiger charge is -2.40. The van der Waals surface area contributed by atoms with Crippen LogP contribution in [-0.2, 0) is 21.6 Å². The van der Waals surface area contributed by atoms with Crippen LogP contribution in [0.4, 0.5) is 0 Å². The van der Waals surface area contributed by atoms with Crippen molar-refractivity contribution in [2.75, 3.05) is 33.4 Å². The number of nitrogens with zero attached hydrogens (tertiary/aromatic N) is 3. The van der Waals surface area contributed by atoms with Crippen LogP contribution in [0.2, 0.25) is 5.02 Å². The summed E-state index contributed by atoms with van der Waals surface area (Å²) < 4.78 is 6.85. The van der Waals surface area contributed by atoms with E-state index in [9.17, 15) is 4.79 Å². The molecule has 1 aromatic carbocycles. The monoisotopic (exact) mass is 376 g/mol. The lowest BCUT2D eigenvalue weighted by molar-refractivity contribution is -0.133. The van der Waals surface area contributed by atoms with Gasteiger partial charge in [-0.25, -0.2) is 0 Å². The summed E-state index contributed by atoms with van der Waals surface area (Å²) in [6, 6.07) is 9.79. The van der Waals surface area contributed by atoms with Crippen molar-refractivity contribution in [2.24, 2.45) is 0 Å². The highest BCUT2D eigenvalue weighted by molar-refractivity contribution is 6.30. The SMILES string of the molecule is COCCNC(=O)C1(n2cccn2)CCN(Cc2cccc(Cl)c2)CC1. The number of amides is 1. The molecule has 0 radical (unpaired) electrons. The molecule has 1 amide bonds. The highest BCUT2D eigenvalue weighted by Gasteiger charge is 2.43. The molecule has 0 aliphatic carbocycles. The van der Waals surface area contributed by atoms with E-state index in [1.807, 2.05) is 35.1 Å². The number of carbonyl (C=O) groups excluding carboxylic acids is 1. The van der Waals surface area contributed by atoms with Crippen LogP contribution in [0.3, 0.4) is 0 Å². The van der Waals surface area contributed by atoms with Gasteiger partial charge in [-0.3, -0.25) is 14.4 Å². The molecule has 0 atom stereocenters. The van der Waals surface area contributed by atoms with Gasteiger partial charge in [0.25, 0.3) is 0 Å². The number of piperidine rings is 1. The van der Waals surface area contributed by atoms with E-state index in [1.165, 1.54) is 5.56 Å². The number of benzene rings is 1. The number of halogens is 1. The second kappa shape index (κ2) is 8.66. The van der Waals surface area contributed by atoms with Crippen molar-refractivity contribution in [3.05, 3.63) is 53.3 Å². The van der Waals surface area contributed by atoms with E-state index in [4.69, 9.17) is 16.3 Å². The third-order valence-electron chi connectivity index (χ3n) is 4.94. The highest BCUT2D eigenvalue weighted by Crippen LogP contribution is 2.31. The van der Waals surface area contributed by atoms with Crippen LogP contribution in [0.15, 0.2) is 42.7 Å². The fourth-order valence-electron chi connectivity index (χ4n) is 3.49. The van der Waals surface area contributed by atoms with Gasteiger partial charge in [-0.1, -0.05) is 23.7 Å². The van der Waals surface area contributed by atoms with Crippen molar-refractivity contribution in [3.8, 4) is 0 Å². The van der Waals surface area contributed by atoms with E-state index in [0.29, 0.717) is 26.0 Å². The molecule has 2 heterocycles. The number of ether oxygens (including phenoxy) is 1. The standard InChI is InChI=1S/C19H25ClN4O2/c1-26-13-9-21-18(25)19(24-10-3-8-22-24)6-11-23(12-7-19)15-16-4-2-5-17(20)14-16/h2-5,8,10,14H,6-7,9,11-13,15H2,1H3,(H,21,25). The first-order valence-corrected chi connectivity index (χ1v) is 9.26. The maximum atomic E-state index is 12.9. The Bertz CT molecular complexity index is 712. The van der Waals surface area contributed by atoms with E-state index >= 15 is 0 Å². The van der Waals surface area contributed by atoms with Crippen LogP contribution in [0.5, 0.6) is 0 Å². The van der Waals surface area contributed by atoms with Crippen molar-refractivity contribution < 1.29 is 9.53 Å². The molecule has 1 N–H and O–H groups in total. The van der Waals surface area contributed by atoms with Gasteiger partial charge >= 0.3 is 0 Å². The van der Waals surface area contributed by atoms with Crippen LogP contribution in [0.1, 0.15) is 18.4 Å². The Morgan fingerprint density at radius 3 is 2.81 bits per heavy atom. The summed E-state index contributed by atoms with van der Waals surface area (Å²) in [4.78, 5) is 15.3. The number of nitrogens with one attached hydrogen (secondary N) is 1.